The molecule has 0 bridgehead atoms. The summed E-state index contributed by atoms with van der Waals surface area (Å²) in [5, 5.41) is 0. The van der Waals surface area contributed by atoms with E-state index in [2.05, 4.69) is 99.5 Å². The van der Waals surface area contributed by atoms with Crippen LogP contribution in [0.5, 0.6) is 0 Å². The summed E-state index contributed by atoms with van der Waals surface area (Å²) in [4.78, 5) is 0. The van der Waals surface area contributed by atoms with E-state index in [4.69, 9.17) is 8.23 Å². The molecule has 1 aliphatic heterocycles. The Morgan fingerprint density at radius 1 is 0.667 bits per heavy atom. The largest absolute Gasteiger partial charge is 0.445 e. The second-order valence-electron chi connectivity index (χ2n) is 11.0. The first-order valence-corrected chi connectivity index (χ1v) is 27.5. The third-order valence-electron chi connectivity index (χ3n) is 4.44. The van der Waals surface area contributed by atoms with Gasteiger partial charge in [-0.2, -0.15) is 0 Å². The van der Waals surface area contributed by atoms with Crippen LogP contribution in [0.4, 0.5) is 0 Å². The van der Waals surface area contributed by atoms with E-state index in [9.17, 15) is 0 Å². The van der Waals surface area contributed by atoms with Crippen molar-refractivity contribution < 1.29 is 8.23 Å². The van der Waals surface area contributed by atoms with E-state index >= 15 is 0 Å². The molecule has 0 spiro atoms. The molecular weight excluding hydrogens is 397 g/mol. The normalized spacial score (nSPS) is 25.8. The molecule has 0 aliphatic carbocycles. The highest BCUT2D eigenvalue weighted by atomic mass is 28.6. The summed E-state index contributed by atoms with van der Waals surface area (Å²) in [7, 11) is -10.7. The minimum absolute atomic E-state index is 1.48. The van der Waals surface area contributed by atoms with Crippen molar-refractivity contribution in [3.05, 3.63) is 0 Å². The van der Waals surface area contributed by atoms with E-state index in [-0.39, 0.29) is 0 Å². The van der Waals surface area contributed by atoms with Crippen molar-refractivity contribution in [1.29, 1.82) is 0 Å². The zero-order valence-corrected chi connectivity index (χ0v) is 24.7. The van der Waals surface area contributed by atoms with Crippen LogP contribution in [0.15, 0.2) is 0 Å². The standard InChI is InChI=1S/C14H42N2O2Si6/c1-19(2,3)15-21(7,8)16(23(11,12)17-20(4,5)6)24(13,14)18-22(15,9)10/h1-14H3. The Morgan fingerprint density at radius 3 is 1.38 bits per heavy atom. The van der Waals surface area contributed by atoms with Gasteiger partial charge in [0.1, 0.15) is 8.24 Å². The summed E-state index contributed by atoms with van der Waals surface area (Å²) in [5.74, 6) is 0. The van der Waals surface area contributed by atoms with Crippen molar-refractivity contribution in [1.82, 2.24) is 7.79 Å². The number of hydrogen-bond acceptors (Lipinski definition) is 4. The summed E-state index contributed by atoms with van der Waals surface area (Å²) < 4.78 is 19.7. The molecule has 0 aromatic rings. The minimum atomic E-state index is -2.00. The molecule has 0 radical (unpaired) electrons. The third-order valence-corrected chi connectivity index (χ3v) is 39.9. The van der Waals surface area contributed by atoms with Crippen molar-refractivity contribution >= 4 is 50.4 Å². The molecule has 10 heteroatoms. The van der Waals surface area contributed by atoms with Gasteiger partial charge < -0.3 is 16.0 Å². The maximum Gasteiger partial charge on any atom is 0.244 e. The van der Waals surface area contributed by atoms with Crippen molar-refractivity contribution in [3.63, 3.8) is 0 Å². The van der Waals surface area contributed by atoms with Gasteiger partial charge in [0.05, 0.1) is 0 Å². The Bertz CT molecular complexity index is 483. The van der Waals surface area contributed by atoms with Gasteiger partial charge in [-0.15, -0.1) is 0 Å². The van der Waals surface area contributed by atoms with Crippen LogP contribution in [0.1, 0.15) is 0 Å². The number of hydrogen-bond donors (Lipinski definition) is 0. The molecule has 1 aliphatic rings. The summed E-state index contributed by atoms with van der Waals surface area (Å²) >= 11 is 0. The third kappa shape index (κ3) is 4.70. The van der Waals surface area contributed by atoms with Crippen LogP contribution in [-0.4, -0.2) is 58.2 Å². The van der Waals surface area contributed by atoms with E-state index in [0.717, 1.165) is 0 Å². The zero-order chi connectivity index (χ0) is 19.6. The SMILES string of the molecule is C[Si](C)(C)O[Si](C)(C)N1[Si](C)(C)O[Si](C)(C)N([Si](C)(C)C)[Si]1(C)C. The van der Waals surface area contributed by atoms with Crippen LogP contribution >= 0.6 is 0 Å². The molecular formula is C14H42N2O2Si6. The second kappa shape index (κ2) is 6.34. The topological polar surface area (TPSA) is 24.9 Å². The molecule has 0 atom stereocenters. The van der Waals surface area contributed by atoms with Crippen molar-refractivity contribution in [2.24, 2.45) is 0 Å². The van der Waals surface area contributed by atoms with E-state index in [1.54, 1.807) is 0 Å². The van der Waals surface area contributed by atoms with Gasteiger partial charge >= 0.3 is 0 Å². The van der Waals surface area contributed by atoms with Gasteiger partial charge in [0, 0.05) is 0 Å². The molecule has 0 aromatic carbocycles. The smallest absolute Gasteiger partial charge is 0.244 e. The predicted octanol–water partition coefficient (Wildman–Crippen LogP) is 5.11. The molecule has 1 fully saturated rings. The minimum Gasteiger partial charge on any atom is -0.445 e. The predicted molar refractivity (Wildman–Crippen MR) is 122 cm³/mol. The lowest BCUT2D eigenvalue weighted by Crippen LogP contribution is -2.90. The van der Waals surface area contributed by atoms with E-state index in [1.807, 2.05) is 0 Å². The number of nitrogens with zero attached hydrogens (tertiary/aromatic N) is 2. The molecule has 24 heavy (non-hydrogen) atoms. The summed E-state index contributed by atoms with van der Waals surface area (Å²) in [6.07, 6.45) is 0. The van der Waals surface area contributed by atoms with Gasteiger partial charge in [0.15, 0.2) is 16.7 Å². The lowest BCUT2D eigenvalue weighted by molar-refractivity contribution is 0.401. The lowest BCUT2D eigenvalue weighted by atomic mass is 11.8. The maximum atomic E-state index is 7.02. The van der Waals surface area contributed by atoms with Gasteiger partial charge in [-0.25, -0.2) is 0 Å². The van der Waals surface area contributed by atoms with Gasteiger partial charge in [-0.1, -0.05) is 19.6 Å². The molecule has 1 rings (SSSR count). The van der Waals surface area contributed by atoms with Gasteiger partial charge in [0.2, 0.25) is 25.4 Å². The lowest BCUT2D eigenvalue weighted by Gasteiger charge is -2.68. The average molecular weight is 439 g/mol. The summed E-state index contributed by atoms with van der Waals surface area (Å²) in [6, 6.07) is 0. The fourth-order valence-electron chi connectivity index (χ4n) is 5.85. The fraction of sp³-hybridized carbons (Fsp3) is 1.00. The Morgan fingerprint density at radius 2 is 1.04 bits per heavy atom. The molecule has 1 heterocycles. The first-order chi connectivity index (χ1) is 10.1. The van der Waals surface area contributed by atoms with Crippen LogP contribution in [-0.2, 0) is 8.23 Å². The summed E-state index contributed by atoms with van der Waals surface area (Å²) in [6.45, 7) is 34.1. The summed E-state index contributed by atoms with van der Waals surface area (Å²) in [5.41, 5.74) is 0. The van der Waals surface area contributed by atoms with Crippen molar-refractivity contribution in [2.45, 2.75) is 91.7 Å². The molecule has 144 valence electrons. The van der Waals surface area contributed by atoms with E-state index < -0.39 is 50.4 Å². The van der Waals surface area contributed by atoms with Crippen molar-refractivity contribution in [3.8, 4) is 0 Å². The van der Waals surface area contributed by atoms with Crippen molar-refractivity contribution in [2.75, 3.05) is 0 Å². The monoisotopic (exact) mass is 438 g/mol. The van der Waals surface area contributed by atoms with Crippen LogP contribution in [0, 0.1) is 0 Å². The highest BCUT2D eigenvalue weighted by Crippen LogP contribution is 2.42. The molecule has 0 N–H and O–H groups in total. The first kappa shape index (κ1) is 23.2. The molecule has 0 unspecified atom stereocenters. The van der Waals surface area contributed by atoms with Gasteiger partial charge in [-0.3, -0.25) is 0 Å². The molecule has 4 nitrogen and oxygen atoms in total. The Labute approximate surface area is 157 Å². The van der Waals surface area contributed by atoms with E-state index in [1.165, 1.54) is 0 Å². The Hall–Kier alpha value is 1.14. The van der Waals surface area contributed by atoms with Crippen LogP contribution < -0.4 is 0 Å². The maximum absolute atomic E-state index is 7.02. The number of rotatable bonds is 4. The van der Waals surface area contributed by atoms with Crippen LogP contribution in [0.2, 0.25) is 91.7 Å². The van der Waals surface area contributed by atoms with Crippen LogP contribution in [0.3, 0.4) is 0 Å². The second-order valence-corrected chi connectivity index (χ2v) is 38.2. The van der Waals surface area contributed by atoms with E-state index in [0.29, 0.717) is 0 Å². The molecule has 1 saturated heterocycles. The van der Waals surface area contributed by atoms with Gasteiger partial charge in [-0.05, 0) is 72.0 Å². The Kier molecular flexibility index (Phi) is 6.13. The quantitative estimate of drug-likeness (QED) is 0.569. The van der Waals surface area contributed by atoms with Crippen LogP contribution in [0.25, 0.3) is 0 Å². The Balaban J connectivity index is 3.53. The molecule has 0 amide bonds. The fourth-order valence-corrected chi connectivity index (χ4v) is 56.9. The average Bonchev–Trinajstić information content (AvgIpc) is 1.99. The first-order valence-electron chi connectivity index (χ1n) is 9.16. The highest BCUT2D eigenvalue weighted by Gasteiger charge is 2.65. The zero-order valence-electron chi connectivity index (χ0n) is 18.7. The van der Waals surface area contributed by atoms with Gasteiger partial charge in [0.25, 0.3) is 0 Å². The molecule has 0 aromatic heterocycles. The molecule has 0 saturated carbocycles. The highest BCUT2D eigenvalue weighted by molar-refractivity contribution is 7.14.